The summed E-state index contributed by atoms with van der Waals surface area (Å²) in [6, 6.07) is 5.28. The smallest absolute Gasteiger partial charge is 0.265 e. The highest BCUT2D eigenvalue weighted by Gasteiger charge is 2.37. The summed E-state index contributed by atoms with van der Waals surface area (Å²) in [5.74, 6) is 0.0336. The zero-order valence-corrected chi connectivity index (χ0v) is 19.5. The summed E-state index contributed by atoms with van der Waals surface area (Å²) in [7, 11) is -3.48. The van der Waals surface area contributed by atoms with Crippen molar-refractivity contribution in [3.05, 3.63) is 35.7 Å². The molecule has 1 fully saturated rings. The van der Waals surface area contributed by atoms with Crippen molar-refractivity contribution in [3.63, 3.8) is 0 Å². The van der Waals surface area contributed by atoms with Crippen LogP contribution >= 0.6 is 0 Å². The molecule has 1 aromatic carbocycles. The van der Waals surface area contributed by atoms with Gasteiger partial charge in [-0.15, -0.1) is 0 Å². The highest BCUT2D eigenvalue weighted by Crippen LogP contribution is 2.38. The number of aromatic nitrogens is 2. The van der Waals surface area contributed by atoms with E-state index in [9.17, 15) is 18.0 Å². The second kappa shape index (κ2) is 7.91. The first kappa shape index (κ1) is 22.3. The molecule has 0 spiro atoms. The summed E-state index contributed by atoms with van der Waals surface area (Å²) in [5.41, 5.74) is 1.90. The zero-order chi connectivity index (χ0) is 23.3. The van der Waals surface area contributed by atoms with E-state index < -0.39 is 15.9 Å². The van der Waals surface area contributed by atoms with Gasteiger partial charge in [-0.05, 0) is 36.0 Å². The number of benzene rings is 1. The lowest BCUT2D eigenvalue weighted by Gasteiger charge is -2.33. The number of aromatic amines is 1. The number of carbonyl (C=O) groups is 2. The molecule has 9 nitrogen and oxygen atoms in total. The second-order valence-electron chi connectivity index (χ2n) is 9.37. The number of fused-ring (bicyclic) bond motifs is 1. The highest BCUT2D eigenvalue weighted by atomic mass is 32.2. The van der Waals surface area contributed by atoms with E-state index in [1.807, 2.05) is 18.2 Å². The Bertz CT molecular complexity index is 1170. The van der Waals surface area contributed by atoms with Gasteiger partial charge in [-0.2, -0.15) is 5.10 Å². The molecule has 2 aromatic rings. The average Bonchev–Trinajstić information content (AvgIpc) is 3.37. The molecule has 0 aliphatic carbocycles. The number of sulfone groups is 1. The van der Waals surface area contributed by atoms with Gasteiger partial charge in [-0.25, -0.2) is 8.42 Å². The van der Waals surface area contributed by atoms with E-state index in [1.54, 1.807) is 4.90 Å². The molecule has 4 rings (SSSR count). The van der Waals surface area contributed by atoms with E-state index in [0.717, 1.165) is 18.2 Å². The Hall–Kier alpha value is -2.88. The molecule has 32 heavy (non-hydrogen) atoms. The second-order valence-corrected chi connectivity index (χ2v) is 11.4. The van der Waals surface area contributed by atoms with Crippen molar-refractivity contribution in [1.29, 1.82) is 0 Å². The maximum Gasteiger partial charge on any atom is 0.265 e. The van der Waals surface area contributed by atoms with Crippen LogP contribution in [0.3, 0.4) is 0 Å². The molecule has 1 saturated heterocycles. The van der Waals surface area contributed by atoms with Gasteiger partial charge in [0, 0.05) is 12.8 Å². The number of ether oxygens (including phenoxy) is 1. The van der Waals surface area contributed by atoms with E-state index in [0.29, 0.717) is 30.1 Å². The summed E-state index contributed by atoms with van der Waals surface area (Å²) in [6.45, 7) is 6.45. The van der Waals surface area contributed by atoms with Crippen molar-refractivity contribution >= 4 is 27.3 Å². The van der Waals surface area contributed by atoms with Gasteiger partial charge >= 0.3 is 0 Å². The Morgan fingerprint density at radius 2 is 2.06 bits per heavy atom. The van der Waals surface area contributed by atoms with Crippen molar-refractivity contribution in [2.75, 3.05) is 30.9 Å². The number of carbonyl (C=O) groups excluding carboxylic acids is 2. The van der Waals surface area contributed by atoms with Crippen LogP contribution in [-0.4, -0.2) is 61.3 Å². The molecular formula is C22H28N4O5S. The standard InChI is InChI=1S/C22H28N4O5S/c1-22(2,3)14-7-8-17-16(10-14)26(20(28)13-31-17)12-19(27)25-9-5-6-15(25)21-18(11-23-24-21)32(4,29)30/h7-8,10-11,15H,5-6,9,12-13H2,1-4H3,(H,23,24)/t15-/m1/s1. The van der Waals surface area contributed by atoms with E-state index >= 15 is 0 Å². The number of amides is 2. The van der Waals surface area contributed by atoms with Gasteiger partial charge in [0.2, 0.25) is 5.91 Å². The minimum Gasteiger partial charge on any atom is -0.482 e. The molecule has 1 atom stereocenters. The van der Waals surface area contributed by atoms with Crippen LogP contribution in [0.1, 0.15) is 50.9 Å². The molecule has 0 bridgehead atoms. The van der Waals surface area contributed by atoms with Crippen molar-refractivity contribution in [2.45, 2.75) is 50.0 Å². The lowest BCUT2D eigenvalue weighted by Crippen LogP contribution is -2.46. The number of likely N-dealkylation sites (tertiary alicyclic amines) is 1. The fourth-order valence-electron chi connectivity index (χ4n) is 4.25. The normalized spacial score (nSPS) is 19.1. The number of hydrogen-bond acceptors (Lipinski definition) is 6. The lowest BCUT2D eigenvalue weighted by atomic mass is 9.86. The first-order valence-corrected chi connectivity index (χ1v) is 12.5. The first-order valence-electron chi connectivity index (χ1n) is 10.6. The molecule has 10 heteroatoms. The summed E-state index contributed by atoms with van der Waals surface area (Å²) in [6.07, 6.45) is 3.76. The van der Waals surface area contributed by atoms with E-state index in [1.165, 1.54) is 11.1 Å². The fraction of sp³-hybridized carbons (Fsp3) is 0.500. The lowest BCUT2D eigenvalue weighted by molar-refractivity contribution is -0.132. The average molecular weight is 461 g/mol. The molecule has 1 N–H and O–H groups in total. The molecule has 1 aromatic heterocycles. The predicted octanol–water partition coefficient (Wildman–Crippen LogP) is 2.20. The van der Waals surface area contributed by atoms with Crippen LogP contribution < -0.4 is 9.64 Å². The fourth-order valence-corrected chi connectivity index (χ4v) is 5.08. The number of anilines is 1. The van der Waals surface area contributed by atoms with Crippen LogP contribution in [0.25, 0.3) is 0 Å². The van der Waals surface area contributed by atoms with Gasteiger partial charge in [0.05, 0.1) is 23.6 Å². The minimum atomic E-state index is -3.48. The summed E-state index contributed by atoms with van der Waals surface area (Å²) in [5, 5.41) is 6.66. The summed E-state index contributed by atoms with van der Waals surface area (Å²) < 4.78 is 29.8. The van der Waals surface area contributed by atoms with Crippen LogP contribution in [-0.2, 0) is 24.8 Å². The van der Waals surface area contributed by atoms with Crippen LogP contribution in [0.4, 0.5) is 5.69 Å². The van der Waals surface area contributed by atoms with E-state index in [4.69, 9.17) is 4.74 Å². The van der Waals surface area contributed by atoms with Crippen LogP contribution in [0, 0.1) is 0 Å². The Kier molecular flexibility index (Phi) is 5.52. The third kappa shape index (κ3) is 4.11. The van der Waals surface area contributed by atoms with Crippen LogP contribution in [0.15, 0.2) is 29.3 Å². The van der Waals surface area contributed by atoms with Crippen LogP contribution in [0.2, 0.25) is 0 Å². The van der Waals surface area contributed by atoms with E-state index in [-0.39, 0.29) is 35.3 Å². The molecule has 2 amide bonds. The monoisotopic (exact) mass is 460 g/mol. The Balaban J connectivity index is 1.62. The Labute approximate surface area is 187 Å². The predicted molar refractivity (Wildman–Crippen MR) is 118 cm³/mol. The van der Waals surface area contributed by atoms with Gasteiger partial charge in [0.25, 0.3) is 5.91 Å². The van der Waals surface area contributed by atoms with Gasteiger partial charge in [0.15, 0.2) is 16.4 Å². The maximum atomic E-state index is 13.3. The number of hydrogen-bond donors (Lipinski definition) is 1. The first-order chi connectivity index (χ1) is 15.0. The quantitative estimate of drug-likeness (QED) is 0.749. The zero-order valence-electron chi connectivity index (χ0n) is 18.7. The number of H-pyrrole nitrogens is 1. The van der Waals surface area contributed by atoms with E-state index in [2.05, 4.69) is 31.0 Å². The number of rotatable bonds is 4. The Morgan fingerprint density at radius 1 is 1.31 bits per heavy atom. The largest absolute Gasteiger partial charge is 0.482 e. The molecular weight excluding hydrogens is 432 g/mol. The molecule has 2 aliphatic rings. The SMILES string of the molecule is CC(C)(C)c1ccc2c(c1)N(CC(=O)N1CCC[C@@H]1c1[nH]ncc1S(C)(=O)=O)C(=O)CO2. The third-order valence-electron chi connectivity index (χ3n) is 6.00. The molecule has 3 heterocycles. The van der Waals surface area contributed by atoms with Crippen molar-refractivity contribution in [2.24, 2.45) is 0 Å². The molecule has 0 unspecified atom stereocenters. The molecule has 2 aliphatic heterocycles. The van der Waals surface area contributed by atoms with Crippen LogP contribution in [0.5, 0.6) is 5.75 Å². The van der Waals surface area contributed by atoms with Crippen molar-refractivity contribution in [1.82, 2.24) is 15.1 Å². The minimum absolute atomic E-state index is 0.102. The summed E-state index contributed by atoms with van der Waals surface area (Å²) in [4.78, 5) is 29.2. The van der Waals surface area contributed by atoms with Gasteiger partial charge in [-0.1, -0.05) is 26.8 Å². The Morgan fingerprint density at radius 3 is 2.75 bits per heavy atom. The third-order valence-corrected chi connectivity index (χ3v) is 7.12. The van der Waals surface area contributed by atoms with Gasteiger partial charge in [0.1, 0.15) is 17.2 Å². The molecule has 0 saturated carbocycles. The van der Waals surface area contributed by atoms with Crippen molar-refractivity contribution < 1.29 is 22.7 Å². The topological polar surface area (TPSA) is 113 Å². The number of nitrogens with zero attached hydrogens (tertiary/aromatic N) is 3. The highest BCUT2D eigenvalue weighted by molar-refractivity contribution is 7.90. The van der Waals surface area contributed by atoms with Crippen molar-refractivity contribution in [3.8, 4) is 5.75 Å². The number of nitrogens with one attached hydrogen (secondary N) is 1. The molecule has 0 radical (unpaired) electrons. The maximum absolute atomic E-state index is 13.3. The van der Waals surface area contributed by atoms with Gasteiger partial charge < -0.3 is 9.64 Å². The summed E-state index contributed by atoms with van der Waals surface area (Å²) >= 11 is 0. The molecule has 172 valence electrons. The van der Waals surface area contributed by atoms with Gasteiger partial charge in [-0.3, -0.25) is 19.6 Å².